The normalized spacial score (nSPS) is 13.7. The zero-order valence-corrected chi connectivity index (χ0v) is 8.62. The Bertz CT molecular complexity index is 517. The summed E-state index contributed by atoms with van der Waals surface area (Å²) in [6.07, 6.45) is 0.983. The maximum atomic E-state index is 5.66. The Balaban J connectivity index is 2.41. The third-order valence-electron chi connectivity index (χ3n) is 2.87. The molecular weight excluding hydrogens is 188 g/mol. The van der Waals surface area contributed by atoms with Crippen LogP contribution in [0.1, 0.15) is 5.56 Å². The molecule has 15 heavy (non-hydrogen) atoms. The van der Waals surface area contributed by atoms with Gasteiger partial charge in [-0.15, -0.1) is 0 Å². The monoisotopic (exact) mass is 200 g/mol. The predicted molar refractivity (Wildman–Crippen MR) is 59.7 cm³/mol. The number of rotatable bonds is 1. The van der Waals surface area contributed by atoms with E-state index in [0.29, 0.717) is 0 Å². The van der Waals surface area contributed by atoms with Crippen LogP contribution in [0.15, 0.2) is 30.3 Å². The van der Waals surface area contributed by atoms with Crippen molar-refractivity contribution in [2.24, 2.45) is 0 Å². The second kappa shape index (κ2) is 3.16. The molecule has 0 unspecified atom stereocenters. The van der Waals surface area contributed by atoms with Crippen LogP contribution in [0.5, 0.6) is 11.5 Å². The van der Waals surface area contributed by atoms with Crippen LogP contribution in [0.3, 0.4) is 0 Å². The molecule has 0 aliphatic carbocycles. The predicted octanol–water partition coefficient (Wildman–Crippen LogP) is 2.78. The number of ether oxygens (including phenoxy) is 2. The average Bonchev–Trinajstić information content (AvgIpc) is 2.76. The van der Waals surface area contributed by atoms with Crippen molar-refractivity contribution in [2.75, 3.05) is 13.7 Å². The third kappa shape index (κ3) is 1.18. The lowest BCUT2D eigenvalue weighted by Crippen LogP contribution is -1.88. The molecule has 2 heteroatoms. The minimum absolute atomic E-state index is 0.784. The minimum Gasteiger partial charge on any atom is -0.496 e. The van der Waals surface area contributed by atoms with Crippen LogP contribution in [0.2, 0.25) is 0 Å². The molecule has 0 saturated carbocycles. The fourth-order valence-corrected chi connectivity index (χ4v) is 2.16. The molecule has 1 heterocycles. The van der Waals surface area contributed by atoms with E-state index >= 15 is 0 Å². The van der Waals surface area contributed by atoms with E-state index in [1.807, 2.05) is 12.1 Å². The van der Waals surface area contributed by atoms with Crippen LogP contribution in [0, 0.1) is 0 Å². The van der Waals surface area contributed by atoms with Crippen LogP contribution < -0.4 is 9.47 Å². The second-order valence-corrected chi connectivity index (χ2v) is 3.71. The molecule has 2 nitrogen and oxygen atoms in total. The summed E-state index contributed by atoms with van der Waals surface area (Å²) in [4.78, 5) is 0. The first-order chi connectivity index (χ1) is 7.40. The maximum absolute atomic E-state index is 5.66. The summed E-state index contributed by atoms with van der Waals surface area (Å²) in [6.45, 7) is 0.784. The van der Waals surface area contributed by atoms with Crippen molar-refractivity contribution in [2.45, 2.75) is 6.42 Å². The Morgan fingerprint density at radius 3 is 2.80 bits per heavy atom. The quantitative estimate of drug-likeness (QED) is 0.704. The molecule has 0 amide bonds. The van der Waals surface area contributed by atoms with Crippen LogP contribution >= 0.6 is 0 Å². The summed E-state index contributed by atoms with van der Waals surface area (Å²) in [5.41, 5.74) is 1.26. The van der Waals surface area contributed by atoms with E-state index in [1.54, 1.807) is 7.11 Å². The lowest BCUT2D eigenvalue weighted by Gasteiger charge is -2.09. The van der Waals surface area contributed by atoms with E-state index in [2.05, 4.69) is 18.2 Å². The molecule has 2 aromatic carbocycles. The molecule has 0 N–H and O–H groups in total. The van der Waals surface area contributed by atoms with E-state index in [4.69, 9.17) is 9.47 Å². The molecule has 76 valence electrons. The third-order valence-corrected chi connectivity index (χ3v) is 2.87. The molecule has 1 aliphatic rings. The highest BCUT2D eigenvalue weighted by atomic mass is 16.5. The highest BCUT2D eigenvalue weighted by molar-refractivity contribution is 5.94. The second-order valence-electron chi connectivity index (χ2n) is 3.71. The molecule has 0 bridgehead atoms. The van der Waals surface area contributed by atoms with E-state index in [1.165, 1.54) is 5.56 Å². The Morgan fingerprint density at radius 1 is 1.20 bits per heavy atom. The van der Waals surface area contributed by atoms with Crippen molar-refractivity contribution in [3.8, 4) is 11.5 Å². The molecule has 0 atom stereocenters. The smallest absolute Gasteiger partial charge is 0.130 e. The van der Waals surface area contributed by atoms with Crippen molar-refractivity contribution in [1.29, 1.82) is 0 Å². The molecule has 3 rings (SSSR count). The largest absolute Gasteiger partial charge is 0.496 e. The molecule has 0 saturated heterocycles. The first-order valence-corrected chi connectivity index (χ1v) is 5.11. The van der Waals surface area contributed by atoms with Crippen LogP contribution in [0.4, 0.5) is 0 Å². The van der Waals surface area contributed by atoms with Gasteiger partial charge in [-0.1, -0.05) is 24.3 Å². The van der Waals surface area contributed by atoms with Gasteiger partial charge in [-0.3, -0.25) is 0 Å². The summed E-state index contributed by atoms with van der Waals surface area (Å²) in [6, 6.07) is 10.3. The van der Waals surface area contributed by atoms with Crippen LogP contribution in [-0.2, 0) is 6.42 Å². The highest BCUT2D eigenvalue weighted by Crippen LogP contribution is 2.39. The van der Waals surface area contributed by atoms with Gasteiger partial charge >= 0.3 is 0 Å². The Kier molecular flexibility index (Phi) is 1.81. The molecule has 0 spiro atoms. The van der Waals surface area contributed by atoms with Crippen LogP contribution in [-0.4, -0.2) is 13.7 Å². The zero-order chi connectivity index (χ0) is 10.3. The van der Waals surface area contributed by atoms with Gasteiger partial charge in [0.05, 0.1) is 13.7 Å². The Labute approximate surface area is 88.4 Å². The molecule has 2 aromatic rings. The van der Waals surface area contributed by atoms with Crippen molar-refractivity contribution in [1.82, 2.24) is 0 Å². The van der Waals surface area contributed by atoms with Gasteiger partial charge in [0.15, 0.2) is 0 Å². The fourth-order valence-electron chi connectivity index (χ4n) is 2.16. The van der Waals surface area contributed by atoms with Crippen molar-refractivity contribution < 1.29 is 9.47 Å². The summed E-state index contributed by atoms with van der Waals surface area (Å²) in [5.74, 6) is 1.97. The van der Waals surface area contributed by atoms with E-state index < -0.39 is 0 Å². The van der Waals surface area contributed by atoms with Gasteiger partial charge < -0.3 is 9.47 Å². The minimum atomic E-state index is 0.784. The molecule has 0 fully saturated rings. The van der Waals surface area contributed by atoms with Gasteiger partial charge in [-0.2, -0.15) is 0 Å². The van der Waals surface area contributed by atoms with E-state index in [9.17, 15) is 0 Å². The highest BCUT2D eigenvalue weighted by Gasteiger charge is 2.17. The van der Waals surface area contributed by atoms with Gasteiger partial charge in [0, 0.05) is 22.8 Å². The topological polar surface area (TPSA) is 18.5 Å². The van der Waals surface area contributed by atoms with Gasteiger partial charge in [-0.25, -0.2) is 0 Å². The molecular formula is C13H12O2. The lowest BCUT2D eigenvalue weighted by atomic mass is 10.0. The number of benzene rings is 2. The summed E-state index contributed by atoms with van der Waals surface area (Å²) in [5, 5.41) is 2.28. The summed E-state index contributed by atoms with van der Waals surface area (Å²) in [7, 11) is 1.71. The zero-order valence-electron chi connectivity index (χ0n) is 8.62. The average molecular weight is 200 g/mol. The summed E-state index contributed by atoms with van der Waals surface area (Å²) < 4.78 is 11.1. The van der Waals surface area contributed by atoms with Gasteiger partial charge in [0.25, 0.3) is 0 Å². The molecule has 0 radical (unpaired) electrons. The van der Waals surface area contributed by atoms with E-state index in [0.717, 1.165) is 35.3 Å². The van der Waals surface area contributed by atoms with Crippen LogP contribution in [0.25, 0.3) is 10.8 Å². The van der Waals surface area contributed by atoms with Gasteiger partial charge in [0.1, 0.15) is 11.5 Å². The number of hydrogen-bond donors (Lipinski definition) is 0. The van der Waals surface area contributed by atoms with Crippen molar-refractivity contribution in [3.05, 3.63) is 35.9 Å². The Morgan fingerprint density at radius 2 is 2.00 bits per heavy atom. The standard InChI is InChI=1S/C13H12O2/c1-14-12-8-9-6-7-15-13(9)11-5-3-2-4-10(11)12/h2-5,8H,6-7H2,1H3. The summed E-state index contributed by atoms with van der Waals surface area (Å²) >= 11 is 0. The molecule has 1 aliphatic heterocycles. The van der Waals surface area contributed by atoms with Crippen molar-refractivity contribution in [3.63, 3.8) is 0 Å². The van der Waals surface area contributed by atoms with Gasteiger partial charge in [-0.05, 0) is 6.07 Å². The van der Waals surface area contributed by atoms with Gasteiger partial charge in [0.2, 0.25) is 0 Å². The van der Waals surface area contributed by atoms with Crippen molar-refractivity contribution >= 4 is 10.8 Å². The van der Waals surface area contributed by atoms with E-state index in [-0.39, 0.29) is 0 Å². The number of hydrogen-bond acceptors (Lipinski definition) is 2. The molecule has 0 aromatic heterocycles. The maximum Gasteiger partial charge on any atom is 0.130 e. The number of methoxy groups -OCH3 is 1. The first kappa shape index (κ1) is 8.60. The Hall–Kier alpha value is -1.70. The first-order valence-electron chi connectivity index (χ1n) is 5.11. The lowest BCUT2D eigenvalue weighted by molar-refractivity contribution is 0.360. The fraction of sp³-hybridized carbons (Fsp3) is 0.231. The number of fused-ring (bicyclic) bond motifs is 3. The SMILES string of the molecule is COc1cc2c(c3ccccc13)OCC2.